The molecule has 0 amide bonds. The van der Waals surface area contributed by atoms with E-state index >= 15 is 0 Å². The third kappa shape index (κ3) is 3.77. The Morgan fingerprint density at radius 3 is 1.83 bits per heavy atom. The maximum atomic E-state index is 6.58. The van der Waals surface area contributed by atoms with E-state index in [0.717, 1.165) is 60.2 Å². The molecule has 0 saturated heterocycles. The van der Waals surface area contributed by atoms with E-state index < -0.39 is 0 Å². The average molecular weight is 653 g/mol. The van der Waals surface area contributed by atoms with Crippen LogP contribution in [0.1, 0.15) is 0 Å². The Morgan fingerprint density at radius 1 is 0.413 bits per heavy atom. The van der Waals surface area contributed by atoms with E-state index in [9.17, 15) is 0 Å². The first kappa shape index (κ1) is 25.7. The second kappa shape index (κ2) is 9.95. The van der Waals surface area contributed by atoms with E-state index in [2.05, 4.69) is 109 Å². The number of hydrogen-bond acceptors (Lipinski definition) is 4. The van der Waals surface area contributed by atoms with Crippen LogP contribution in [0.5, 0.6) is 0 Å². The third-order valence-electron chi connectivity index (χ3n) is 8.92. The van der Waals surface area contributed by atoms with Gasteiger partial charge >= 0.3 is 258 Å². The number of furan rings is 1. The maximum absolute atomic E-state index is 6.58. The van der Waals surface area contributed by atoms with Crippen LogP contribution in [0.25, 0.3) is 96.9 Å². The van der Waals surface area contributed by atoms with Crippen LogP contribution in [-0.4, -0.2) is 29.5 Å². The van der Waals surface area contributed by atoms with E-state index in [1.807, 2.05) is 30.3 Å². The van der Waals surface area contributed by atoms with Crippen molar-refractivity contribution < 1.29 is 4.42 Å². The van der Waals surface area contributed by atoms with Gasteiger partial charge in [0.15, 0.2) is 0 Å². The van der Waals surface area contributed by atoms with Crippen LogP contribution in [0.3, 0.4) is 0 Å². The van der Waals surface area contributed by atoms with Gasteiger partial charge in [0.1, 0.15) is 0 Å². The second-order valence-corrected chi connectivity index (χ2v) is 13.7. The molecule has 7 aromatic carbocycles. The van der Waals surface area contributed by atoms with Crippen LogP contribution >= 0.6 is 0 Å². The van der Waals surface area contributed by atoms with E-state index in [-0.39, 0.29) is 14.5 Å². The summed E-state index contributed by atoms with van der Waals surface area (Å²) < 4.78 is 9.29. The number of para-hydroxylation sites is 1. The first-order chi connectivity index (χ1) is 22.8. The Bertz CT molecular complexity index is 2820. The fourth-order valence-electron chi connectivity index (χ4n) is 6.90. The zero-order valence-electron chi connectivity index (χ0n) is 24.4. The molecular formula is C41H23N3OSe. The molecule has 3 heterocycles. The van der Waals surface area contributed by atoms with E-state index in [4.69, 9.17) is 19.4 Å². The summed E-state index contributed by atoms with van der Waals surface area (Å²) in [5, 5.41) is 9.28. The van der Waals surface area contributed by atoms with Gasteiger partial charge in [-0.05, 0) is 0 Å². The van der Waals surface area contributed by atoms with Gasteiger partial charge in [0.2, 0.25) is 0 Å². The van der Waals surface area contributed by atoms with Gasteiger partial charge in [0.25, 0.3) is 0 Å². The van der Waals surface area contributed by atoms with Crippen molar-refractivity contribution in [1.82, 2.24) is 15.0 Å². The summed E-state index contributed by atoms with van der Waals surface area (Å²) in [6, 6.07) is 48.7. The summed E-state index contributed by atoms with van der Waals surface area (Å²) in [6.45, 7) is 0. The van der Waals surface area contributed by atoms with Crippen molar-refractivity contribution in [2.24, 2.45) is 0 Å². The number of nitrogens with zero attached hydrogens (tertiary/aromatic N) is 3. The van der Waals surface area contributed by atoms with Crippen molar-refractivity contribution in [1.29, 1.82) is 0 Å². The zero-order chi connectivity index (χ0) is 30.2. The Morgan fingerprint density at radius 2 is 1.00 bits per heavy atom. The van der Waals surface area contributed by atoms with Crippen molar-refractivity contribution in [3.63, 3.8) is 0 Å². The molecule has 0 unspecified atom stereocenters. The average Bonchev–Trinajstić information content (AvgIpc) is 3.71. The third-order valence-corrected chi connectivity index (χ3v) is 11.5. The monoisotopic (exact) mass is 653 g/mol. The Balaban J connectivity index is 1.32. The molecule has 5 heteroatoms. The minimum absolute atomic E-state index is 0.158. The summed E-state index contributed by atoms with van der Waals surface area (Å²) in [5.74, 6) is 2.00. The summed E-state index contributed by atoms with van der Waals surface area (Å²) in [7, 11) is 0. The molecule has 0 aliphatic carbocycles. The van der Waals surface area contributed by atoms with E-state index in [1.165, 1.54) is 19.3 Å². The summed E-state index contributed by atoms with van der Waals surface area (Å²) in [4.78, 5) is 15.6. The topological polar surface area (TPSA) is 51.8 Å². The number of fused-ring (bicyclic) bond motifs is 11. The number of benzene rings is 7. The molecule has 0 N–H and O–H groups in total. The van der Waals surface area contributed by atoms with Crippen molar-refractivity contribution in [2.45, 2.75) is 0 Å². The molecule has 0 aliphatic rings. The molecule has 0 radical (unpaired) electrons. The standard InChI is InChI=1S/C41H23N3OSe/c1-2-12-24(13-3-1)39-42-40(44-41(43-39)32-21-10-18-28-25-14-7-9-23-34(25)46-38(28)32)31-20-11-19-30-35(31)26-15-4-5-16-27(26)36-29-17-6-8-22-33(29)45-37(30)36/h1-23H. The van der Waals surface area contributed by atoms with Gasteiger partial charge in [-0.15, -0.1) is 0 Å². The van der Waals surface area contributed by atoms with Crippen molar-refractivity contribution in [3.8, 4) is 34.2 Å². The molecule has 3 aromatic heterocycles. The SMILES string of the molecule is c1ccc(-c2nc(-c3cccc4c3[se]c3ccccc34)nc(-c3cccc4c5oc6ccccc6c5c5ccccc5c34)n2)cc1. The van der Waals surface area contributed by atoms with Gasteiger partial charge in [-0.25, -0.2) is 0 Å². The van der Waals surface area contributed by atoms with Gasteiger partial charge in [-0.3, -0.25) is 0 Å². The second-order valence-electron chi connectivity index (χ2n) is 11.5. The predicted molar refractivity (Wildman–Crippen MR) is 190 cm³/mol. The number of aromatic nitrogens is 3. The molecular weight excluding hydrogens is 629 g/mol. The van der Waals surface area contributed by atoms with Crippen molar-refractivity contribution >= 4 is 77.3 Å². The van der Waals surface area contributed by atoms with Gasteiger partial charge in [0, 0.05) is 0 Å². The predicted octanol–water partition coefficient (Wildman–Crippen LogP) is 10.4. The Kier molecular flexibility index (Phi) is 5.56. The quantitative estimate of drug-likeness (QED) is 0.141. The summed E-state index contributed by atoms with van der Waals surface area (Å²) >= 11 is 0.158. The van der Waals surface area contributed by atoms with Crippen LogP contribution in [-0.2, 0) is 0 Å². The molecule has 10 rings (SSSR count). The first-order valence-corrected chi connectivity index (χ1v) is 17.0. The molecule has 0 saturated carbocycles. The normalized spacial score (nSPS) is 11.9. The molecule has 46 heavy (non-hydrogen) atoms. The molecule has 0 fully saturated rings. The number of hydrogen-bond donors (Lipinski definition) is 0. The van der Waals surface area contributed by atoms with Gasteiger partial charge in [-0.2, -0.15) is 0 Å². The summed E-state index contributed by atoms with van der Waals surface area (Å²) in [5.41, 5.74) is 4.75. The van der Waals surface area contributed by atoms with E-state index in [0.29, 0.717) is 17.5 Å². The van der Waals surface area contributed by atoms with Gasteiger partial charge in [-0.1, -0.05) is 12.1 Å². The molecule has 0 bridgehead atoms. The Labute approximate surface area is 269 Å². The molecule has 10 aromatic rings. The fourth-order valence-corrected chi connectivity index (χ4v) is 9.44. The summed E-state index contributed by atoms with van der Waals surface area (Å²) in [6.07, 6.45) is 0. The van der Waals surface area contributed by atoms with Crippen LogP contribution in [0.2, 0.25) is 0 Å². The first-order valence-electron chi connectivity index (χ1n) is 15.3. The van der Waals surface area contributed by atoms with Crippen molar-refractivity contribution in [2.75, 3.05) is 0 Å². The zero-order valence-corrected chi connectivity index (χ0v) is 26.2. The van der Waals surface area contributed by atoms with Crippen LogP contribution in [0.15, 0.2) is 144 Å². The molecule has 214 valence electrons. The van der Waals surface area contributed by atoms with E-state index in [1.54, 1.807) is 0 Å². The molecule has 0 atom stereocenters. The Hall–Kier alpha value is -5.61. The fraction of sp³-hybridized carbons (Fsp3) is 0. The van der Waals surface area contributed by atoms with Crippen LogP contribution < -0.4 is 0 Å². The number of rotatable bonds is 3. The van der Waals surface area contributed by atoms with Gasteiger partial charge < -0.3 is 0 Å². The molecule has 0 aliphatic heterocycles. The van der Waals surface area contributed by atoms with Gasteiger partial charge in [0.05, 0.1) is 0 Å². The van der Waals surface area contributed by atoms with Crippen LogP contribution in [0.4, 0.5) is 0 Å². The minimum atomic E-state index is 0.158. The van der Waals surface area contributed by atoms with Crippen molar-refractivity contribution in [3.05, 3.63) is 140 Å². The molecule has 0 spiro atoms. The van der Waals surface area contributed by atoms with Crippen LogP contribution in [0, 0.1) is 0 Å². The molecule has 4 nitrogen and oxygen atoms in total.